The van der Waals surface area contributed by atoms with Gasteiger partial charge in [-0.2, -0.15) is 0 Å². The van der Waals surface area contributed by atoms with Crippen LogP contribution >= 0.6 is 0 Å². The van der Waals surface area contributed by atoms with Gasteiger partial charge in [-0.3, -0.25) is 4.99 Å². The molecule has 0 saturated heterocycles. The Bertz CT molecular complexity index is 1330. The molecule has 0 amide bonds. The van der Waals surface area contributed by atoms with E-state index < -0.39 is 0 Å². The summed E-state index contributed by atoms with van der Waals surface area (Å²) in [4.78, 5) is 4.08. The second kappa shape index (κ2) is 8.05. The van der Waals surface area contributed by atoms with Crippen LogP contribution in [-0.4, -0.2) is 6.21 Å². The highest BCUT2D eigenvalue weighted by molar-refractivity contribution is 5.69. The minimum Gasteiger partial charge on any atom is -0.269 e. The maximum Gasteiger partial charge on any atom is 0.0270 e. The minimum atomic E-state index is 0.948. The van der Waals surface area contributed by atoms with Crippen molar-refractivity contribution in [2.45, 2.75) is 32.1 Å². The lowest BCUT2D eigenvalue weighted by Gasteiger charge is -2.16. The third kappa shape index (κ3) is 3.61. The molecule has 1 nitrogen and oxygen atoms in total. The molecule has 29 heavy (non-hydrogen) atoms. The van der Waals surface area contributed by atoms with Crippen LogP contribution in [0, 0.1) is 10.4 Å². The fourth-order valence-electron chi connectivity index (χ4n) is 4.57. The van der Waals surface area contributed by atoms with E-state index in [9.17, 15) is 0 Å². The van der Waals surface area contributed by atoms with E-state index in [-0.39, 0.29) is 0 Å². The molecule has 0 N–H and O–H groups in total. The first-order valence-corrected chi connectivity index (χ1v) is 10.6. The van der Waals surface area contributed by atoms with Crippen LogP contribution in [0.1, 0.15) is 35.1 Å². The standard InChI is InChI=1S/C18H16.C10H9N/c1-3-7-15-13(5-1)9-11-18-16-8-4-2-6-14(16)10-12-17(15)18;1-2-4-10-6-8-11-7-5-9(10)3-1/h1,3,5-7,9-10,12H,2,4,8,11H2;1-5,7-8H,6H2. The monoisotopic (exact) mass is 375 g/mol. The van der Waals surface area contributed by atoms with E-state index in [0.29, 0.717) is 0 Å². The van der Waals surface area contributed by atoms with Crippen LogP contribution < -0.4 is 10.4 Å². The number of hydrogen-bond acceptors (Lipinski definition) is 1. The van der Waals surface area contributed by atoms with Gasteiger partial charge in [0.2, 0.25) is 0 Å². The highest BCUT2D eigenvalue weighted by Gasteiger charge is 2.10. The van der Waals surface area contributed by atoms with E-state index in [4.69, 9.17) is 0 Å². The summed E-state index contributed by atoms with van der Waals surface area (Å²) in [5.74, 6) is 0. The molecular formula is C28H25N. The van der Waals surface area contributed by atoms with Gasteiger partial charge in [-0.1, -0.05) is 72.8 Å². The summed E-state index contributed by atoms with van der Waals surface area (Å²) in [6.07, 6.45) is 16.5. The maximum absolute atomic E-state index is 4.08. The lowest BCUT2D eigenvalue weighted by atomic mass is 9.89. The van der Waals surface area contributed by atoms with Gasteiger partial charge in [-0.15, -0.1) is 0 Å². The van der Waals surface area contributed by atoms with Gasteiger partial charge in [0.1, 0.15) is 0 Å². The molecule has 0 spiro atoms. The normalized spacial score (nSPS) is 15.2. The predicted molar refractivity (Wildman–Crippen MR) is 123 cm³/mol. The first-order valence-electron chi connectivity index (χ1n) is 10.6. The second-order valence-corrected chi connectivity index (χ2v) is 7.80. The van der Waals surface area contributed by atoms with Crippen LogP contribution in [0.5, 0.6) is 0 Å². The fourth-order valence-corrected chi connectivity index (χ4v) is 4.57. The summed E-state index contributed by atoms with van der Waals surface area (Å²) < 4.78 is 0. The molecule has 0 atom stereocenters. The van der Waals surface area contributed by atoms with Gasteiger partial charge < -0.3 is 0 Å². The zero-order valence-electron chi connectivity index (χ0n) is 16.6. The number of aliphatic imine (C=N–C) groups is 1. The number of benzene rings is 3. The largest absolute Gasteiger partial charge is 0.269 e. The van der Waals surface area contributed by atoms with E-state index >= 15 is 0 Å². The third-order valence-corrected chi connectivity index (χ3v) is 6.05. The average Bonchev–Trinajstić information content (AvgIpc) is 3.05. The molecule has 142 valence electrons. The summed E-state index contributed by atoms with van der Waals surface area (Å²) in [6, 6.07) is 21.8. The third-order valence-electron chi connectivity index (χ3n) is 6.05. The van der Waals surface area contributed by atoms with Crippen LogP contribution in [0.2, 0.25) is 0 Å². The number of hydrogen-bond donors (Lipinski definition) is 0. The molecular weight excluding hydrogens is 350 g/mol. The van der Waals surface area contributed by atoms with Crippen LogP contribution in [0.3, 0.4) is 0 Å². The smallest absolute Gasteiger partial charge is 0.0270 e. The van der Waals surface area contributed by atoms with Gasteiger partial charge in [0.15, 0.2) is 0 Å². The van der Waals surface area contributed by atoms with Crippen molar-refractivity contribution in [3.63, 3.8) is 0 Å². The lowest BCUT2D eigenvalue weighted by Crippen LogP contribution is -2.19. The molecule has 3 aromatic carbocycles. The Labute approximate surface area is 171 Å². The Morgan fingerprint density at radius 3 is 2.59 bits per heavy atom. The molecule has 0 aromatic heterocycles. The minimum absolute atomic E-state index is 0.948. The Hall–Kier alpha value is -3.19. The summed E-state index contributed by atoms with van der Waals surface area (Å²) in [7, 11) is 0. The van der Waals surface area contributed by atoms with Crippen LogP contribution in [0.25, 0.3) is 18.2 Å². The summed E-state index contributed by atoms with van der Waals surface area (Å²) >= 11 is 0. The highest BCUT2D eigenvalue weighted by atomic mass is 14.7. The van der Waals surface area contributed by atoms with E-state index in [0.717, 1.165) is 12.8 Å². The molecule has 6 rings (SSSR count). The lowest BCUT2D eigenvalue weighted by molar-refractivity contribution is 0.824. The molecule has 0 bridgehead atoms. The second-order valence-electron chi connectivity index (χ2n) is 7.80. The van der Waals surface area contributed by atoms with Crippen LogP contribution in [-0.2, 0) is 19.3 Å². The zero-order chi connectivity index (χ0) is 19.5. The molecule has 0 unspecified atom stereocenters. The van der Waals surface area contributed by atoms with Crippen molar-refractivity contribution in [1.29, 1.82) is 0 Å². The molecule has 3 aromatic rings. The molecule has 1 heteroatoms. The number of nitrogens with zero attached hydrogens (tertiary/aromatic N) is 1. The van der Waals surface area contributed by atoms with Gasteiger partial charge >= 0.3 is 0 Å². The highest BCUT2D eigenvalue weighted by Crippen LogP contribution is 2.17. The topological polar surface area (TPSA) is 12.4 Å². The van der Waals surface area contributed by atoms with Crippen LogP contribution in [0.15, 0.2) is 71.9 Å². The van der Waals surface area contributed by atoms with Crippen molar-refractivity contribution < 1.29 is 0 Å². The van der Waals surface area contributed by atoms with Crippen molar-refractivity contribution in [2.75, 3.05) is 0 Å². The van der Waals surface area contributed by atoms with Crippen molar-refractivity contribution >= 4 is 24.4 Å². The van der Waals surface area contributed by atoms with Crippen molar-refractivity contribution in [1.82, 2.24) is 0 Å². The SMILES string of the molecule is C1=Cc2ccccc2CC=N1.C1=c2ccc3c(c2CCC1)CC=c1ccccc1=3. The van der Waals surface area contributed by atoms with Gasteiger partial charge in [-0.25, -0.2) is 0 Å². The summed E-state index contributed by atoms with van der Waals surface area (Å²) in [5.41, 5.74) is 5.81. The van der Waals surface area contributed by atoms with Gasteiger partial charge in [-0.05, 0) is 74.9 Å². The van der Waals surface area contributed by atoms with Crippen molar-refractivity contribution in [3.8, 4) is 0 Å². The molecule has 1 aliphatic heterocycles. The van der Waals surface area contributed by atoms with E-state index in [2.05, 4.69) is 77.8 Å². The van der Waals surface area contributed by atoms with E-state index in [1.165, 1.54) is 51.3 Å². The molecule has 0 fully saturated rings. The predicted octanol–water partition coefficient (Wildman–Crippen LogP) is 4.71. The maximum atomic E-state index is 4.08. The zero-order valence-corrected chi connectivity index (χ0v) is 16.6. The van der Waals surface area contributed by atoms with E-state index in [1.807, 2.05) is 18.5 Å². The molecule has 0 radical (unpaired) electrons. The first kappa shape index (κ1) is 17.9. The number of rotatable bonds is 0. The molecule has 1 heterocycles. The van der Waals surface area contributed by atoms with Gasteiger partial charge in [0.25, 0.3) is 0 Å². The Morgan fingerprint density at radius 2 is 1.59 bits per heavy atom. The Balaban J connectivity index is 0.000000142. The molecule has 2 aliphatic carbocycles. The first-order chi connectivity index (χ1) is 14.4. The molecule has 3 aliphatic rings. The summed E-state index contributed by atoms with van der Waals surface area (Å²) in [5, 5.41) is 5.74. The van der Waals surface area contributed by atoms with E-state index in [1.54, 1.807) is 11.1 Å². The van der Waals surface area contributed by atoms with Crippen LogP contribution in [0.4, 0.5) is 0 Å². The Morgan fingerprint density at radius 1 is 0.690 bits per heavy atom. The number of fused-ring (bicyclic) bond motifs is 5. The summed E-state index contributed by atoms with van der Waals surface area (Å²) in [6.45, 7) is 0. The van der Waals surface area contributed by atoms with Gasteiger partial charge in [0, 0.05) is 18.8 Å². The van der Waals surface area contributed by atoms with Crippen molar-refractivity contribution in [2.24, 2.45) is 4.99 Å². The van der Waals surface area contributed by atoms with Gasteiger partial charge in [0.05, 0.1) is 0 Å². The average molecular weight is 376 g/mol. The molecule has 0 saturated carbocycles. The Kier molecular flexibility index (Phi) is 4.96. The van der Waals surface area contributed by atoms with Crippen molar-refractivity contribution in [3.05, 3.63) is 110 Å². The quantitative estimate of drug-likeness (QED) is 0.540. The fraction of sp³-hybridized carbons (Fsp3) is 0.179.